The predicted molar refractivity (Wildman–Crippen MR) is 68.9 cm³/mol. The first-order valence-electron chi connectivity index (χ1n) is 6.40. The van der Waals surface area contributed by atoms with Crippen LogP contribution in [0.5, 0.6) is 0 Å². The minimum absolute atomic E-state index is 0.351. The average Bonchev–Trinajstić information content (AvgIpc) is 2.86. The molecule has 0 radical (unpaired) electrons. The minimum Gasteiger partial charge on any atom is -0.387 e. The first kappa shape index (κ1) is 12.3. The number of aliphatic hydroxyl groups excluding tert-OH is 1. The second-order valence-corrected chi connectivity index (χ2v) is 4.90. The molecule has 1 aromatic carbocycles. The summed E-state index contributed by atoms with van der Waals surface area (Å²) in [7, 11) is 0. The highest BCUT2D eigenvalue weighted by molar-refractivity contribution is 5.21. The molecule has 1 aromatic heterocycles. The Bertz CT molecular complexity index is 569. The summed E-state index contributed by atoms with van der Waals surface area (Å²) in [5, 5.41) is 17.1. The van der Waals surface area contributed by atoms with E-state index >= 15 is 0 Å². The van der Waals surface area contributed by atoms with Gasteiger partial charge in [-0.05, 0) is 6.07 Å². The maximum Gasteiger partial charge on any atom is 0.129 e. The lowest BCUT2D eigenvalue weighted by Crippen LogP contribution is -2.33. The van der Waals surface area contributed by atoms with Gasteiger partial charge in [-0.2, -0.15) is 5.10 Å². The van der Waals surface area contributed by atoms with E-state index in [-0.39, 0.29) is 5.82 Å². The SMILES string of the molecule is O[C@@H](CN1CCc2[nH]ncc2C1)c1ccccc1F. The number of hydrogen-bond donors (Lipinski definition) is 2. The Morgan fingerprint density at radius 2 is 2.26 bits per heavy atom. The van der Waals surface area contributed by atoms with E-state index in [2.05, 4.69) is 15.1 Å². The molecule has 0 amide bonds. The Morgan fingerprint density at radius 3 is 3.11 bits per heavy atom. The van der Waals surface area contributed by atoms with Crippen molar-refractivity contribution in [2.45, 2.75) is 19.1 Å². The molecule has 2 aromatic rings. The van der Waals surface area contributed by atoms with E-state index < -0.39 is 6.10 Å². The van der Waals surface area contributed by atoms with Gasteiger partial charge in [0.25, 0.3) is 0 Å². The van der Waals surface area contributed by atoms with Gasteiger partial charge < -0.3 is 5.11 Å². The number of rotatable bonds is 3. The zero-order valence-corrected chi connectivity index (χ0v) is 10.5. The molecule has 1 aliphatic rings. The lowest BCUT2D eigenvalue weighted by atomic mass is 10.1. The van der Waals surface area contributed by atoms with Gasteiger partial charge in [-0.3, -0.25) is 10.00 Å². The minimum atomic E-state index is -0.797. The Morgan fingerprint density at radius 1 is 1.42 bits per heavy atom. The second-order valence-electron chi connectivity index (χ2n) is 4.90. The van der Waals surface area contributed by atoms with E-state index in [1.165, 1.54) is 6.07 Å². The number of halogens is 1. The van der Waals surface area contributed by atoms with Crippen LogP contribution in [0, 0.1) is 5.82 Å². The molecule has 0 spiro atoms. The quantitative estimate of drug-likeness (QED) is 0.883. The van der Waals surface area contributed by atoms with Crippen LogP contribution in [0.4, 0.5) is 4.39 Å². The third kappa shape index (κ3) is 2.52. The number of aromatic nitrogens is 2. The predicted octanol–water partition coefficient (Wildman–Crippen LogP) is 1.64. The molecule has 0 saturated heterocycles. The molecule has 2 N–H and O–H groups in total. The van der Waals surface area contributed by atoms with Crippen molar-refractivity contribution in [3.8, 4) is 0 Å². The summed E-state index contributed by atoms with van der Waals surface area (Å²) in [5.41, 5.74) is 2.68. The Hall–Kier alpha value is -1.72. The summed E-state index contributed by atoms with van der Waals surface area (Å²) >= 11 is 0. The first-order valence-corrected chi connectivity index (χ1v) is 6.40. The number of nitrogens with zero attached hydrogens (tertiary/aromatic N) is 2. The van der Waals surface area contributed by atoms with Crippen molar-refractivity contribution in [1.29, 1.82) is 0 Å². The molecule has 3 rings (SSSR count). The van der Waals surface area contributed by atoms with Crippen LogP contribution >= 0.6 is 0 Å². The fourth-order valence-electron chi connectivity index (χ4n) is 2.52. The van der Waals surface area contributed by atoms with Crippen molar-refractivity contribution in [2.24, 2.45) is 0 Å². The van der Waals surface area contributed by atoms with Gasteiger partial charge in [0.2, 0.25) is 0 Å². The van der Waals surface area contributed by atoms with Crippen molar-refractivity contribution in [1.82, 2.24) is 15.1 Å². The largest absolute Gasteiger partial charge is 0.387 e. The van der Waals surface area contributed by atoms with Crippen LogP contribution in [0.1, 0.15) is 22.9 Å². The molecule has 2 heterocycles. The summed E-state index contributed by atoms with van der Waals surface area (Å²) in [6, 6.07) is 6.38. The molecule has 1 atom stereocenters. The molecule has 0 bridgehead atoms. The van der Waals surface area contributed by atoms with E-state index in [1.54, 1.807) is 18.2 Å². The van der Waals surface area contributed by atoms with E-state index in [0.29, 0.717) is 12.1 Å². The average molecular weight is 261 g/mol. The van der Waals surface area contributed by atoms with Crippen LogP contribution < -0.4 is 0 Å². The second kappa shape index (κ2) is 5.11. The molecule has 0 unspecified atom stereocenters. The van der Waals surface area contributed by atoms with Crippen molar-refractivity contribution in [3.63, 3.8) is 0 Å². The number of β-amino-alcohol motifs (C(OH)–C–C–N with tert-alkyl or cyclic N) is 1. The number of aliphatic hydroxyl groups is 1. The summed E-state index contributed by atoms with van der Waals surface area (Å²) < 4.78 is 13.6. The highest BCUT2D eigenvalue weighted by atomic mass is 19.1. The van der Waals surface area contributed by atoms with Crippen molar-refractivity contribution < 1.29 is 9.50 Å². The smallest absolute Gasteiger partial charge is 0.129 e. The van der Waals surface area contributed by atoms with Crippen molar-refractivity contribution in [2.75, 3.05) is 13.1 Å². The normalized spacial score (nSPS) is 17.2. The highest BCUT2D eigenvalue weighted by Crippen LogP contribution is 2.21. The van der Waals surface area contributed by atoms with Gasteiger partial charge in [-0.25, -0.2) is 4.39 Å². The topological polar surface area (TPSA) is 52.1 Å². The molecule has 0 aliphatic carbocycles. The molecule has 0 saturated carbocycles. The number of aromatic amines is 1. The Kier molecular flexibility index (Phi) is 3.31. The lowest BCUT2D eigenvalue weighted by molar-refractivity contribution is 0.103. The van der Waals surface area contributed by atoms with Crippen molar-refractivity contribution >= 4 is 0 Å². The molecule has 4 nitrogen and oxygen atoms in total. The third-order valence-electron chi connectivity index (χ3n) is 3.57. The number of hydrogen-bond acceptors (Lipinski definition) is 3. The van der Waals surface area contributed by atoms with Gasteiger partial charge in [0.15, 0.2) is 0 Å². The molecule has 1 aliphatic heterocycles. The number of fused-ring (bicyclic) bond motifs is 1. The lowest BCUT2D eigenvalue weighted by Gasteiger charge is -2.28. The van der Waals surface area contributed by atoms with Crippen LogP contribution in [-0.4, -0.2) is 33.3 Å². The van der Waals surface area contributed by atoms with Gasteiger partial charge in [0.1, 0.15) is 5.82 Å². The molecule has 100 valence electrons. The summed E-state index contributed by atoms with van der Waals surface area (Å²) in [4.78, 5) is 2.12. The molecule has 0 fully saturated rings. The highest BCUT2D eigenvalue weighted by Gasteiger charge is 2.21. The molecular weight excluding hydrogens is 245 g/mol. The van der Waals surface area contributed by atoms with E-state index in [9.17, 15) is 9.50 Å². The maximum atomic E-state index is 13.6. The Balaban J connectivity index is 1.68. The van der Waals surface area contributed by atoms with Gasteiger partial charge in [0.05, 0.1) is 12.3 Å². The van der Waals surface area contributed by atoms with E-state index in [4.69, 9.17) is 0 Å². The zero-order chi connectivity index (χ0) is 13.2. The number of nitrogens with one attached hydrogen (secondary N) is 1. The van der Waals surface area contributed by atoms with E-state index in [0.717, 1.165) is 30.8 Å². The third-order valence-corrected chi connectivity index (χ3v) is 3.57. The van der Waals surface area contributed by atoms with Gasteiger partial charge >= 0.3 is 0 Å². The summed E-state index contributed by atoms with van der Waals surface area (Å²) in [6.45, 7) is 2.03. The van der Waals surface area contributed by atoms with Crippen LogP contribution in [-0.2, 0) is 13.0 Å². The monoisotopic (exact) mass is 261 g/mol. The van der Waals surface area contributed by atoms with Crippen LogP contribution in [0.15, 0.2) is 30.5 Å². The fourth-order valence-corrected chi connectivity index (χ4v) is 2.52. The number of H-pyrrole nitrogens is 1. The summed E-state index contributed by atoms with van der Waals surface area (Å²) in [5.74, 6) is -0.351. The first-order chi connectivity index (χ1) is 9.24. The van der Waals surface area contributed by atoms with Gasteiger partial charge in [0, 0.05) is 42.9 Å². The fraction of sp³-hybridized carbons (Fsp3) is 0.357. The van der Waals surface area contributed by atoms with Crippen LogP contribution in [0.3, 0.4) is 0 Å². The summed E-state index contributed by atoms with van der Waals surface area (Å²) in [6.07, 6.45) is 1.91. The standard InChI is InChI=1S/C14H16FN3O/c15-12-4-2-1-3-11(12)14(19)9-18-6-5-13-10(8-18)7-16-17-13/h1-4,7,14,19H,5-6,8-9H2,(H,16,17)/t14-/m0/s1. The maximum absolute atomic E-state index is 13.6. The van der Waals surface area contributed by atoms with Gasteiger partial charge in [-0.15, -0.1) is 0 Å². The molecular formula is C14H16FN3O. The van der Waals surface area contributed by atoms with Crippen LogP contribution in [0.25, 0.3) is 0 Å². The van der Waals surface area contributed by atoms with E-state index in [1.807, 2.05) is 6.20 Å². The van der Waals surface area contributed by atoms with Crippen LogP contribution in [0.2, 0.25) is 0 Å². The zero-order valence-electron chi connectivity index (χ0n) is 10.5. The van der Waals surface area contributed by atoms with Gasteiger partial charge in [-0.1, -0.05) is 18.2 Å². The molecule has 5 heteroatoms. The Labute approximate surface area is 110 Å². The van der Waals surface area contributed by atoms with Crippen molar-refractivity contribution in [3.05, 3.63) is 53.1 Å². The number of benzene rings is 1. The molecule has 19 heavy (non-hydrogen) atoms.